The maximum atomic E-state index is 11.4. The minimum absolute atomic E-state index is 0.145. The summed E-state index contributed by atoms with van der Waals surface area (Å²) in [5.74, 6) is 1.06. The number of nitrogens with two attached hydrogens (primary N) is 1. The summed E-state index contributed by atoms with van der Waals surface area (Å²) in [5, 5.41) is 3.81. The van der Waals surface area contributed by atoms with Crippen molar-refractivity contribution in [1.82, 2.24) is 15.0 Å². The largest absolute Gasteiger partial charge is 0.337 e. The van der Waals surface area contributed by atoms with E-state index in [0.717, 1.165) is 13.0 Å². The third-order valence-corrected chi connectivity index (χ3v) is 2.54. The fourth-order valence-corrected chi connectivity index (χ4v) is 1.62. The quantitative estimate of drug-likeness (QED) is 0.802. The summed E-state index contributed by atoms with van der Waals surface area (Å²) in [7, 11) is 0. The van der Waals surface area contributed by atoms with Gasteiger partial charge >= 0.3 is 0 Å². The van der Waals surface area contributed by atoms with E-state index in [0.29, 0.717) is 24.7 Å². The van der Waals surface area contributed by atoms with E-state index in [1.54, 1.807) is 4.90 Å². The van der Waals surface area contributed by atoms with Crippen molar-refractivity contribution in [3.05, 3.63) is 11.7 Å². The highest BCUT2D eigenvalue weighted by molar-refractivity contribution is 5.77. The molecule has 2 N–H and O–H groups in total. The molecule has 0 atom stereocenters. The standard InChI is InChI=1S/C10H16N4O2/c1-10(2,11)9-12-7(16-13-9)6-14-5-3-4-8(14)15/h3-6,11H2,1-2H3. The molecule has 0 radical (unpaired) electrons. The van der Waals surface area contributed by atoms with Crippen LogP contribution < -0.4 is 5.73 Å². The third kappa shape index (κ3) is 2.21. The molecule has 1 fully saturated rings. The van der Waals surface area contributed by atoms with Crippen molar-refractivity contribution in [2.75, 3.05) is 6.54 Å². The Morgan fingerprint density at radius 3 is 2.81 bits per heavy atom. The Bertz CT molecular complexity index is 394. The average Bonchev–Trinajstić information content (AvgIpc) is 2.76. The predicted molar refractivity (Wildman–Crippen MR) is 56.2 cm³/mol. The Morgan fingerprint density at radius 2 is 2.31 bits per heavy atom. The predicted octanol–water partition coefficient (Wildman–Crippen LogP) is 0.386. The first-order valence-corrected chi connectivity index (χ1v) is 5.36. The molecule has 6 heteroatoms. The Morgan fingerprint density at radius 1 is 1.56 bits per heavy atom. The molecule has 1 saturated heterocycles. The van der Waals surface area contributed by atoms with E-state index < -0.39 is 5.54 Å². The normalized spacial score (nSPS) is 17.2. The number of rotatable bonds is 3. The molecule has 0 aliphatic carbocycles. The lowest BCUT2D eigenvalue weighted by atomic mass is 10.1. The van der Waals surface area contributed by atoms with Gasteiger partial charge in [-0.1, -0.05) is 5.16 Å². The Kier molecular flexibility index (Phi) is 2.67. The van der Waals surface area contributed by atoms with E-state index in [4.69, 9.17) is 10.3 Å². The molecule has 1 aromatic rings. The van der Waals surface area contributed by atoms with Gasteiger partial charge in [-0.3, -0.25) is 4.79 Å². The summed E-state index contributed by atoms with van der Waals surface area (Å²) in [5.41, 5.74) is 5.23. The van der Waals surface area contributed by atoms with Crippen LogP contribution in [0, 0.1) is 0 Å². The van der Waals surface area contributed by atoms with E-state index in [-0.39, 0.29) is 5.91 Å². The van der Waals surface area contributed by atoms with Crippen molar-refractivity contribution < 1.29 is 9.32 Å². The summed E-state index contributed by atoms with van der Waals surface area (Å²) in [6.07, 6.45) is 1.52. The van der Waals surface area contributed by atoms with Gasteiger partial charge in [-0.15, -0.1) is 0 Å². The number of amides is 1. The molecule has 1 aliphatic rings. The van der Waals surface area contributed by atoms with Gasteiger partial charge in [-0.25, -0.2) is 0 Å². The van der Waals surface area contributed by atoms with Gasteiger partial charge < -0.3 is 15.2 Å². The Balaban J connectivity index is 2.05. The molecule has 0 aromatic carbocycles. The minimum atomic E-state index is -0.614. The van der Waals surface area contributed by atoms with Crippen LogP contribution >= 0.6 is 0 Å². The summed E-state index contributed by atoms with van der Waals surface area (Å²) < 4.78 is 5.07. The maximum Gasteiger partial charge on any atom is 0.246 e. The van der Waals surface area contributed by atoms with Crippen LogP contribution in [0.15, 0.2) is 4.52 Å². The molecule has 6 nitrogen and oxygen atoms in total. The van der Waals surface area contributed by atoms with Crippen molar-refractivity contribution in [2.24, 2.45) is 5.73 Å². The molecule has 0 spiro atoms. The lowest BCUT2D eigenvalue weighted by Gasteiger charge is -2.12. The maximum absolute atomic E-state index is 11.4. The van der Waals surface area contributed by atoms with Gasteiger partial charge in [0, 0.05) is 13.0 Å². The van der Waals surface area contributed by atoms with Crippen LogP contribution in [0.4, 0.5) is 0 Å². The van der Waals surface area contributed by atoms with Crippen LogP contribution in [0.1, 0.15) is 38.4 Å². The van der Waals surface area contributed by atoms with E-state index in [9.17, 15) is 4.79 Å². The molecule has 16 heavy (non-hydrogen) atoms. The molecule has 0 unspecified atom stereocenters. The zero-order chi connectivity index (χ0) is 11.8. The molecule has 1 aromatic heterocycles. The molecule has 1 aliphatic heterocycles. The van der Waals surface area contributed by atoms with Gasteiger partial charge in [0.15, 0.2) is 5.82 Å². The zero-order valence-electron chi connectivity index (χ0n) is 9.56. The zero-order valence-corrected chi connectivity index (χ0v) is 9.56. The van der Waals surface area contributed by atoms with E-state index in [2.05, 4.69) is 10.1 Å². The molecule has 2 heterocycles. The fourth-order valence-electron chi connectivity index (χ4n) is 1.62. The van der Waals surface area contributed by atoms with Crippen LogP contribution in [-0.4, -0.2) is 27.5 Å². The van der Waals surface area contributed by atoms with Crippen molar-refractivity contribution in [3.63, 3.8) is 0 Å². The minimum Gasteiger partial charge on any atom is -0.337 e. The van der Waals surface area contributed by atoms with Crippen molar-refractivity contribution in [3.8, 4) is 0 Å². The third-order valence-electron chi connectivity index (χ3n) is 2.54. The summed E-state index contributed by atoms with van der Waals surface area (Å²) in [6.45, 7) is 4.77. The highest BCUT2D eigenvalue weighted by atomic mass is 16.5. The number of likely N-dealkylation sites (tertiary alicyclic amines) is 1. The summed E-state index contributed by atoms with van der Waals surface area (Å²) >= 11 is 0. The Hall–Kier alpha value is -1.43. The molecule has 2 rings (SSSR count). The van der Waals surface area contributed by atoms with Crippen LogP contribution in [0.5, 0.6) is 0 Å². The SMILES string of the molecule is CC(C)(N)c1noc(CN2CCCC2=O)n1. The highest BCUT2D eigenvalue weighted by Crippen LogP contribution is 2.16. The van der Waals surface area contributed by atoms with Crippen molar-refractivity contribution in [2.45, 2.75) is 38.8 Å². The number of carbonyl (C=O) groups excluding carboxylic acids is 1. The van der Waals surface area contributed by atoms with Crippen molar-refractivity contribution in [1.29, 1.82) is 0 Å². The molecule has 0 bridgehead atoms. The molecule has 88 valence electrons. The van der Waals surface area contributed by atoms with Crippen molar-refractivity contribution >= 4 is 5.91 Å². The number of carbonyl (C=O) groups is 1. The first kappa shape index (κ1) is 11.1. The van der Waals surface area contributed by atoms with Gasteiger partial charge in [0.25, 0.3) is 0 Å². The number of hydrogen-bond acceptors (Lipinski definition) is 5. The van der Waals surface area contributed by atoms with Crippen LogP contribution in [-0.2, 0) is 16.9 Å². The fraction of sp³-hybridized carbons (Fsp3) is 0.700. The highest BCUT2D eigenvalue weighted by Gasteiger charge is 2.25. The van der Waals surface area contributed by atoms with Gasteiger partial charge in [0.05, 0.1) is 12.1 Å². The summed E-state index contributed by atoms with van der Waals surface area (Å²) in [6, 6.07) is 0. The monoisotopic (exact) mass is 224 g/mol. The van der Waals surface area contributed by atoms with Gasteiger partial charge in [-0.05, 0) is 20.3 Å². The van der Waals surface area contributed by atoms with Crippen LogP contribution in [0.25, 0.3) is 0 Å². The first-order valence-electron chi connectivity index (χ1n) is 5.36. The average molecular weight is 224 g/mol. The van der Waals surface area contributed by atoms with E-state index in [1.807, 2.05) is 13.8 Å². The smallest absolute Gasteiger partial charge is 0.246 e. The van der Waals surface area contributed by atoms with Gasteiger partial charge in [0.1, 0.15) is 0 Å². The second-order valence-corrected chi connectivity index (χ2v) is 4.65. The number of aromatic nitrogens is 2. The van der Waals surface area contributed by atoms with E-state index >= 15 is 0 Å². The van der Waals surface area contributed by atoms with E-state index in [1.165, 1.54) is 0 Å². The second kappa shape index (κ2) is 3.86. The number of hydrogen-bond donors (Lipinski definition) is 1. The Labute approximate surface area is 93.8 Å². The number of nitrogens with zero attached hydrogens (tertiary/aromatic N) is 3. The second-order valence-electron chi connectivity index (χ2n) is 4.65. The lowest BCUT2D eigenvalue weighted by molar-refractivity contribution is -0.128. The molecular formula is C10H16N4O2. The lowest BCUT2D eigenvalue weighted by Crippen LogP contribution is -2.30. The topological polar surface area (TPSA) is 85.2 Å². The van der Waals surface area contributed by atoms with Crippen LogP contribution in [0.3, 0.4) is 0 Å². The van der Waals surface area contributed by atoms with Crippen LogP contribution in [0.2, 0.25) is 0 Å². The molecule has 0 saturated carbocycles. The van der Waals surface area contributed by atoms with Gasteiger partial charge in [-0.2, -0.15) is 4.98 Å². The van der Waals surface area contributed by atoms with Gasteiger partial charge in [0.2, 0.25) is 11.8 Å². The first-order chi connectivity index (χ1) is 7.47. The molecular weight excluding hydrogens is 208 g/mol. The summed E-state index contributed by atoms with van der Waals surface area (Å²) in [4.78, 5) is 17.3. The molecule has 1 amide bonds.